The molecule has 0 atom stereocenters. The number of likely N-dealkylation sites (N-methyl/N-ethyl adjacent to an activating group) is 1. The first-order valence-corrected chi connectivity index (χ1v) is 8.45. The maximum atomic E-state index is 12.2. The van der Waals surface area contributed by atoms with Crippen molar-refractivity contribution in [3.05, 3.63) is 59.1 Å². The number of esters is 1. The van der Waals surface area contributed by atoms with Crippen molar-refractivity contribution in [2.75, 3.05) is 19.4 Å². The van der Waals surface area contributed by atoms with Crippen LogP contribution in [0.4, 0.5) is 5.69 Å². The maximum absolute atomic E-state index is 12.2. The SMILES string of the molecule is CN(Cc1nc2ccccc2s1)C(=O)COC(=O)c1ccc(N)cc1. The van der Waals surface area contributed by atoms with Crippen LogP contribution in [0.3, 0.4) is 0 Å². The molecule has 2 aromatic carbocycles. The van der Waals surface area contributed by atoms with E-state index in [9.17, 15) is 9.59 Å². The highest BCUT2D eigenvalue weighted by atomic mass is 32.1. The van der Waals surface area contributed by atoms with Gasteiger partial charge in [0.25, 0.3) is 5.91 Å². The van der Waals surface area contributed by atoms with E-state index in [1.54, 1.807) is 42.6 Å². The quantitative estimate of drug-likeness (QED) is 0.562. The van der Waals surface area contributed by atoms with Crippen LogP contribution in [0.25, 0.3) is 10.2 Å². The number of para-hydroxylation sites is 1. The number of ether oxygens (including phenoxy) is 1. The predicted octanol–water partition coefficient (Wildman–Crippen LogP) is 2.69. The number of amides is 1. The van der Waals surface area contributed by atoms with Gasteiger partial charge < -0.3 is 15.4 Å². The van der Waals surface area contributed by atoms with E-state index < -0.39 is 5.97 Å². The second kappa shape index (κ2) is 7.31. The number of carbonyl (C=O) groups is 2. The lowest BCUT2D eigenvalue weighted by Gasteiger charge is -2.15. The molecule has 0 spiro atoms. The third-order valence-electron chi connectivity index (χ3n) is 3.61. The Morgan fingerprint density at radius 3 is 2.60 bits per heavy atom. The number of nitrogens with zero attached hydrogens (tertiary/aromatic N) is 2. The molecule has 0 radical (unpaired) electrons. The number of fused-ring (bicyclic) bond motifs is 1. The van der Waals surface area contributed by atoms with Gasteiger partial charge in [-0.05, 0) is 36.4 Å². The van der Waals surface area contributed by atoms with Crippen LogP contribution in [0.1, 0.15) is 15.4 Å². The highest BCUT2D eigenvalue weighted by Gasteiger charge is 2.15. The lowest BCUT2D eigenvalue weighted by molar-refractivity contribution is -0.133. The van der Waals surface area contributed by atoms with Gasteiger partial charge in [-0.1, -0.05) is 12.1 Å². The van der Waals surface area contributed by atoms with E-state index in [4.69, 9.17) is 10.5 Å². The first kappa shape index (κ1) is 16.9. The van der Waals surface area contributed by atoms with E-state index in [1.165, 1.54) is 4.90 Å². The summed E-state index contributed by atoms with van der Waals surface area (Å²) in [5, 5.41) is 0.835. The summed E-state index contributed by atoms with van der Waals surface area (Å²) in [5.74, 6) is -0.843. The number of anilines is 1. The molecule has 25 heavy (non-hydrogen) atoms. The third-order valence-corrected chi connectivity index (χ3v) is 4.63. The molecule has 0 saturated heterocycles. The Labute approximate surface area is 148 Å². The average molecular weight is 355 g/mol. The Morgan fingerprint density at radius 1 is 1.16 bits per heavy atom. The van der Waals surface area contributed by atoms with Gasteiger partial charge >= 0.3 is 5.97 Å². The first-order chi connectivity index (χ1) is 12.0. The number of nitrogen functional groups attached to an aromatic ring is 1. The second-order valence-electron chi connectivity index (χ2n) is 5.52. The fraction of sp³-hybridized carbons (Fsp3) is 0.167. The smallest absolute Gasteiger partial charge is 0.338 e. The molecule has 0 aliphatic heterocycles. The highest BCUT2D eigenvalue weighted by Crippen LogP contribution is 2.22. The van der Waals surface area contributed by atoms with Crippen molar-refractivity contribution in [1.82, 2.24) is 9.88 Å². The van der Waals surface area contributed by atoms with Gasteiger partial charge in [0.1, 0.15) is 5.01 Å². The van der Waals surface area contributed by atoms with E-state index in [-0.39, 0.29) is 12.5 Å². The molecule has 128 valence electrons. The van der Waals surface area contributed by atoms with Crippen molar-refractivity contribution in [2.24, 2.45) is 0 Å². The van der Waals surface area contributed by atoms with E-state index in [0.29, 0.717) is 17.8 Å². The van der Waals surface area contributed by atoms with Gasteiger partial charge in [-0.2, -0.15) is 0 Å². The Morgan fingerprint density at radius 2 is 1.88 bits per heavy atom. The molecule has 2 N–H and O–H groups in total. The van der Waals surface area contributed by atoms with Crippen LogP contribution in [-0.2, 0) is 16.1 Å². The second-order valence-corrected chi connectivity index (χ2v) is 6.64. The van der Waals surface area contributed by atoms with E-state index in [1.807, 2.05) is 24.3 Å². The van der Waals surface area contributed by atoms with E-state index >= 15 is 0 Å². The Hall–Kier alpha value is -2.93. The van der Waals surface area contributed by atoms with Crippen molar-refractivity contribution in [3.8, 4) is 0 Å². The summed E-state index contributed by atoms with van der Waals surface area (Å²) in [6.45, 7) is 0.0577. The molecule has 0 fully saturated rings. The molecule has 1 heterocycles. The fourth-order valence-electron chi connectivity index (χ4n) is 2.22. The van der Waals surface area contributed by atoms with Crippen LogP contribution in [-0.4, -0.2) is 35.4 Å². The van der Waals surface area contributed by atoms with Crippen molar-refractivity contribution in [3.63, 3.8) is 0 Å². The van der Waals surface area contributed by atoms with Gasteiger partial charge in [0.15, 0.2) is 6.61 Å². The fourth-order valence-corrected chi connectivity index (χ4v) is 3.24. The number of thiazole rings is 1. The first-order valence-electron chi connectivity index (χ1n) is 7.64. The number of rotatable bonds is 5. The normalized spacial score (nSPS) is 10.6. The summed E-state index contributed by atoms with van der Waals surface area (Å²) >= 11 is 1.54. The standard InChI is InChI=1S/C18H17N3O3S/c1-21(10-16-20-14-4-2-3-5-15(14)25-16)17(22)11-24-18(23)12-6-8-13(19)9-7-12/h2-9H,10-11,19H2,1H3. The molecule has 0 saturated carbocycles. The number of benzene rings is 2. The van der Waals surface area contributed by atoms with Crippen molar-refractivity contribution in [1.29, 1.82) is 0 Å². The third kappa shape index (κ3) is 4.13. The monoisotopic (exact) mass is 355 g/mol. The van der Waals surface area contributed by atoms with Crippen LogP contribution >= 0.6 is 11.3 Å². The molecule has 1 amide bonds. The molecule has 3 aromatic rings. The van der Waals surface area contributed by atoms with Gasteiger partial charge in [-0.25, -0.2) is 9.78 Å². The summed E-state index contributed by atoms with van der Waals surface area (Å²) in [6.07, 6.45) is 0. The lowest BCUT2D eigenvalue weighted by Crippen LogP contribution is -2.30. The number of hydrogen-bond acceptors (Lipinski definition) is 6. The Balaban J connectivity index is 1.55. The molecule has 0 aliphatic rings. The summed E-state index contributed by atoms with van der Waals surface area (Å²) in [6, 6.07) is 14.2. The van der Waals surface area contributed by atoms with Crippen LogP contribution in [0.15, 0.2) is 48.5 Å². The zero-order valence-corrected chi connectivity index (χ0v) is 14.5. The summed E-state index contributed by atoms with van der Waals surface area (Å²) in [4.78, 5) is 30.1. The molecule has 1 aromatic heterocycles. The van der Waals surface area contributed by atoms with Gasteiger partial charge in [-0.3, -0.25) is 4.79 Å². The molecular weight excluding hydrogens is 338 g/mol. The molecule has 3 rings (SSSR count). The minimum atomic E-state index is -0.554. The molecule has 0 unspecified atom stereocenters. The van der Waals surface area contributed by atoms with Crippen molar-refractivity contribution in [2.45, 2.75) is 6.54 Å². The number of carbonyl (C=O) groups excluding carboxylic acids is 2. The number of nitrogens with two attached hydrogens (primary N) is 1. The van der Waals surface area contributed by atoms with Gasteiger partial charge in [0, 0.05) is 12.7 Å². The van der Waals surface area contributed by atoms with Crippen LogP contribution in [0.5, 0.6) is 0 Å². The number of hydrogen-bond donors (Lipinski definition) is 1. The van der Waals surface area contributed by atoms with Crippen LogP contribution in [0.2, 0.25) is 0 Å². The highest BCUT2D eigenvalue weighted by molar-refractivity contribution is 7.18. The lowest BCUT2D eigenvalue weighted by atomic mass is 10.2. The predicted molar refractivity (Wildman–Crippen MR) is 97.2 cm³/mol. The maximum Gasteiger partial charge on any atom is 0.338 e. The topological polar surface area (TPSA) is 85.5 Å². The van der Waals surface area contributed by atoms with Crippen molar-refractivity contribution >= 4 is 39.1 Å². The van der Waals surface area contributed by atoms with Gasteiger partial charge in [0.05, 0.1) is 22.3 Å². The Kier molecular flexibility index (Phi) is 4.95. The minimum absolute atomic E-state index is 0.289. The van der Waals surface area contributed by atoms with Crippen molar-refractivity contribution < 1.29 is 14.3 Å². The van der Waals surface area contributed by atoms with Gasteiger partial charge in [-0.15, -0.1) is 11.3 Å². The molecule has 0 bridgehead atoms. The zero-order valence-electron chi connectivity index (χ0n) is 13.6. The zero-order chi connectivity index (χ0) is 17.8. The van der Waals surface area contributed by atoms with Gasteiger partial charge in [0.2, 0.25) is 0 Å². The minimum Gasteiger partial charge on any atom is -0.452 e. The van der Waals surface area contributed by atoms with Crippen LogP contribution < -0.4 is 5.73 Å². The molecule has 6 nitrogen and oxygen atoms in total. The average Bonchev–Trinajstić information content (AvgIpc) is 3.02. The summed E-state index contributed by atoms with van der Waals surface area (Å²) < 4.78 is 6.14. The van der Waals surface area contributed by atoms with Crippen LogP contribution in [0, 0.1) is 0 Å². The largest absolute Gasteiger partial charge is 0.452 e. The molecular formula is C18H17N3O3S. The van der Waals surface area contributed by atoms with E-state index in [2.05, 4.69) is 4.98 Å². The Bertz CT molecular complexity index is 872. The van der Waals surface area contributed by atoms with E-state index in [0.717, 1.165) is 15.2 Å². The summed E-state index contributed by atoms with van der Waals surface area (Å²) in [7, 11) is 1.66. The molecule has 7 heteroatoms. The molecule has 0 aliphatic carbocycles. The summed E-state index contributed by atoms with van der Waals surface area (Å²) in [5.41, 5.74) is 7.40. The number of aromatic nitrogens is 1.